The van der Waals surface area contributed by atoms with Crippen molar-refractivity contribution in [3.8, 4) is 0 Å². The van der Waals surface area contributed by atoms with Gasteiger partial charge in [-0.2, -0.15) is 0 Å². The lowest BCUT2D eigenvalue weighted by molar-refractivity contribution is -0.385. The summed E-state index contributed by atoms with van der Waals surface area (Å²) in [4.78, 5) is 15.5. The van der Waals surface area contributed by atoms with Crippen molar-refractivity contribution in [2.24, 2.45) is 5.14 Å². The van der Waals surface area contributed by atoms with Gasteiger partial charge in [0.1, 0.15) is 4.90 Å². The fraction of sp³-hybridized carbons (Fsp3) is 0.154. The van der Waals surface area contributed by atoms with Crippen molar-refractivity contribution in [1.29, 1.82) is 0 Å². The molecule has 0 bridgehead atoms. The third-order valence-electron chi connectivity index (χ3n) is 3.01. The second kappa shape index (κ2) is 6.08. The summed E-state index contributed by atoms with van der Waals surface area (Å²) in [5, 5.41) is 16.0. The molecule has 1 aromatic heterocycles. The molecule has 0 spiro atoms. The van der Waals surface area contributed by atoms with E-state index in [2.05, 4.69) is 4.98 Å². The average Bonchev–Trinajstić information content (AvgIpc) is 2.46. The van der Waals surface area contributed by atoms with E-state index in [-0.39, 0.29) is 16.3 Å². The summed E-state index contributed by atoms with van der Waals surface area (Å²) in [6.07, 6.45) is 3.28. The number of pyridine rings is 1. The minimum atomic E-state index is -4.09. The molecule has 0 radical (unpaired) electrons. The summed E-state index contributed by atoms with van der Waals surface area (Å²) in [5.74, 6) is 0. The number of nitro benzene ring substituents is 1. The van der Waals surface area contributed by atoms with E-state index in [1.165, 1.54) is 12.1 Å². The summed E-state index contributed by atoms with van der Waals surface area (Å²) in [6.45, 7) is 0.383. The zero-order valence-corrected chi connectivity index (χ0v) is 12.5. The van der Waals surface area contributed by atoms with Gasteiger partial charge in [-0.3, -0.25) is 15.1 Å². The number of benzene rings is 1. The lowest BCUT2D eigenvalue weighted by Crippen LogP contribution is -2.22. The maximum Gasteiger partial charge on any atom is 0.270 e. The molecule has 2 N–H and O–H groups in total. The Morgan fingerprint density at radius 2 is 2.09 bits per heavy atom. The number of non-ortho nitro benzene ring substituents is 1. The van der Waals surface area contributed by atoms with Gasteiger partial charge < -0.3 is 4.90 Å². The van der Waals surface area contributed by atoms with Crippen LogP contribution in [0.25, 0.3) is 0 Å². The molecule has 0 aliphatic carbocycles. The molecule has 0 saturated heterocycles. The Bertz CT molecular complexity index is 793. The highest BCUT2D eigenvalue weighted by Crippen LogP contribution is 2.28. The molecule has 2 aromatic rings. The molecule has 0 aliphatic heterocycles. The number of primary sulfonamides is 1. The van der Waals surface area contributed by atoms with Crippen LogP contribution >= 0.6 is 0 Å². The van der Waals surface area contributed by atoms with E-state index in [1.807, 2.05) is 6.07 Å². The topological polar surface area (TPSA) is 119 Å². The first kappa shape index (κ1) is 15.9. The Morgan fingerprint density at radius 3 is 2.64 bits per heavy atom. The zero-order valence-electron chi connectivity index (χ0n) is 11.7. The fourth-order valence-electron chi connectivity index (χ4n) is 2.01. The van der Waals surface area contributed by atoms with Crippen LogP contribution in [0.1, 0.15) is 5.56 Å². The summed E-state index contributed by atoms with van der Waals surface area (Å²) in [7, 11) is -2.42. The predicted molar refractivity (Wildman–Crippen MR) is 80.8 cm³/mol. The van der Waals surface area contributed by atoms with Crippen molar-refractivity contribution in [3.05, 3.63) is 58.4 Å². The standard InChI is InChI=1S/C13H14N4O4S/c1-16(9-10-3-2-6-15-8-10)12-5-4-11(17(18)19)7-13(12)22(14,20)21/h2-8H,9H2,1H3,(H2,14,20,21). The first-order valence-corrected chi connectivity index (χ1v) is 7.75. The molecular weight excluding hydrogens is 308 g/mol. The number of sulfonamides is 1. The number of aromatic nitrogens is 1. The van der Waals surface area contributed by atoms with E-state index in [1.54, 1.807) is 30.4 Å². The highest BCUT2D eigenvalue weighted by Gasteiger charge is 2.21. The number of hydrogen-bond donors (Lipinski definition) is 1. The predicted octanol–water partition coefficient (Wildman–Crippen LogP) is 1.27. The van der Waals surface area contributed by atoms with Crippen LogP contribution in [0.5, 0.6) is 0 Å². The highest BCUT2D eigenvalue weighted by atomic mass is 32.2. The molecule has 0 unspecified atom stereocenters. The zero-order chi connectivity index (χ0) is 16.3. The number of anilines is 1. The van der Waals surface area contributed by atoms with Crippen LogP contribution < -0.4 is 10.0 Å². The maximum absolute atomic E-state index is 11.7. The van der Waals surface area contributed by atoms with Crippen LogP contribution in [0.3, 0.4) is 0 Å². The van der Waals surface area contributed by atoms with E-state index >= 15 is 0 Å². The Morgan fingerprint density at radius 1 is 1.36 bits per heavy atom. The number of nitrogens with zero attached hydrogens (tertiary/aromatic N) is 3. The van der Waals surface area contributed by atoms with Crippen molar-refractivity contribution in [3.63, 3.8) is 0 Å². The largest absolute Gasteiger partial charge is 0.369 e. The van der Waals surface area contributed by atoms with Crippen molar-refractivity contribution in [2.75, 3.05) is 11.9 Å². The van der Waals surface area contributed by atoms with Gasteiger partial charge in [-0.25, -0.2) is 13.6 Å². The molecule has 22 heavy (non-hydrogen) atoms. The molecule has 1 aromatic carbocycles. The Balaban J connectivity index is 2.43. The van der Waals surface area contributed by atoms with Gasteiger partial charge in [0.2, 0.25) is 10.0 Å². The summed E-state index contributed by atoms with van der Waals surface area (Å²) < 4.78 is 23.4. The number of nitrogens with two attached hydrogens (primary N) is 1. The van der Waals surface area contributed by atoms with Gasteiger partial charge in [-0.1, -0.05) is 6.07 Å². The first-order valence-electron chi connectivity index (χ1n) is 6.20. The SMILES string of the molecule is CN(Cc1cccnc1)c1ccc([N+](=O)[O-])cc1S(N)(=O)=O. The Labute approximate surface area is 127 Å². The number of rotatable bonds is 5. The van der Waals surface area contributed by atoms with Crippen LogP contribution in [-0.2, 0) is 16.6 Å². The number of hydrogen-bond acceptors (Lipinski definition) is 6. The molecule has 116 valence electrons. The van der Waals surface area contributed by atoms with Crippen molar-refractivity contribution < 1.29 is 13.3 Å². The third-order valence-corrected chi connectivity index (χ3v) is 3.95. The molecule has 0 amide bonds. The van der Waals surface area contributed by atoms with Crippen LogP contribution in [0.15, 0.2) is 47.6 Å². The van der Waals surface area contributed by atoms with Crippen LogP contribution in [0, 0.1) is 10.1 Å². The Kier molecular flexibility index (Phi) is 4.38. The summed E-state index contributed by atoms with van der Waals surface area (Å²) in [5.41, 5.74) is 0.822. The fourth-order valence-corrected chi connectivity index (χ4v) is 2.81. The van der Waals surface area contributed by atoms with Crippen molar-refractivity contribution in [2.45, 2.75) is 11.4 Å². The normalized spacial score (nSPS) is 11.2. The smallest absolute Gasteiger partial charge is 0.270 e. The number of nitro groups is 1. The lowest BCUT2D eigenvalue weighted by atomic mass is 10.2. The molecule has 2 rings (SSSR count). The van der Waals surface area contributed by atoms with Crippen LogP contribution in [0.2, 0.25) is 0 Å². The molecule has 8 nitrogen and oxygen atoms in total. The van der Waals surface area contributed by atoms with E-state index < -0.39 is 14.9 Å². The second-order valence-corrected chi connectivity index (χ2v) is 6.20. The van der Waals surface area contributed by atoms with Gasteiger partial charge in [-0.15, -0.1) is 0 Å². The lowest BCUT2D eigenvalue weighted by Gasteiger charge is -2.21. The molecule has 0 atom stereocenters. The van der Waals surface area contributed by atoms with Crippen LogP contribution in [0.4, 0.5) is 11.4 Å². The van der Waals surface area contributed by atoms with Gasteiger partial charge in [0.25, 0.3) is 5.69 Å². The maximum atomic E-state index is 11.7. The van der Waals surface area contributed by atoms with Crippen LogP contribution in [-0.4, -0.2) is 25.4 Å². The molecule has 1 heterocycles. The second-order valence-electron chi connectivity index (χ2n) is 4.67. The monoisotopic (exact) mass is 322 g/mol. The molecular formula is C13H14N4O4S. The summed E-state index contributed by atoms with van der Waals surface area (Å²) >= 11 is 0. The Hall–Kier alpha value is -2.52. The quantitative estimate of drug-likeness (QED) is 0.654. The molecule has 0 saturated carbocycles. The molecule has 9 heteroatoms. The van der Waals surface area contributed by atoms with E-state index in [0.717, 1.165) is 11.6 Å². The highest BCUT2D eigenvalue weighted by molar-refractivity contribution is 7.89. The minimum Gasteiger partial charge on any atom is -0.369 e. The molecule has 0 fully saturated rings. The van der Waals surface area contributed by atoms with Gasteiger partial charge >= 0.3 is 0 Å². The van der Waals surface area contributed by atoms with E-state index in [0.29, 0.717) is 6.54 Å². The van der Waals surface area contributed by atoms with Gasteiger partial charge in [0.15, 0.2) is 0 Å². The minimum absolute atomic E-state index is 0.284. The summed E-state index contributed by atoms with van der Waals surface area (Å²) in [6, 6.07) is 7.17. The molecule has 0 aliphatic rings. The van der Waals surface area contributed by atoms with Crippen molar-refractivity contribution >= 4 is 21.4 Å². The van der Waals surface area contributed by atoms with Gasteiger partial charge in [-0.05, 0) is 17.7 Å². The first-order chi connectivity index (χ1) is 10.3. The van der Waals surface area contributed by atoms with Gasteiger partial charge in [0.05, 0.1) is 10.6 Å². The average molecular weight is 322 g/mol. The van der Waals surface area contributed by atoms with Gasteiger partial charge in [0, 0.05) is 38.1 Å². The third kappa shape index (κ3) is 3.57. The van der Waals surface area contributed by atoms with E-state index in [4.69, 9.17) is 5.14 Å². The van der Waals surface area contributed by atoms with E-state index in [9.17, 15) is 18.5 Å². The van der Waals surface area contributed by atoms with Crippen molar-refractivity contribution in [1.82, 2.24) is 4.98 Å².